The molecule has 0 aromatic carbocycles. The fourth-order valence-electron chi connectivity index (χ4n) is 0.807. The highest BCUT2D eigenvalue weighted by Gasteiger charge is 2.13. The third kappa shape index (κ3) is 1.04. The Morgan fingerprint density at radius 3 is 2.36 bits per heavy atom. The monoisotopic (exact) mass is 154 g/mol. The average molecular weight is 154 g/mol. The minimum Gasteiger partial charge on any atom is -0.395 e. The van der Waals surface area contributed by atoms with Crippen molar-refractivity contribution in [3.8, 4) is 0 Å². The Labute approximate surface area is 64.0 Å². The van der Waals surface area contributed by atoms with Crippen LogP contribution in [-0.2, 0) is 7.05 Å². The number of rotatable bonds is 1. The molecule has 0 atom stereocenters. The Hall–Kier alpha value is -1.52. The molecule has 1 aromatic heterocycles. The van der Waals surface area contributed by atoms with Crippen molar-refractivity contribution >= 4 is 11.6 Å². The number of carbonyl (C=O) groups excluding carboxylic acids is 1. The van der Waals surface area contributed by atoms with E-state index in [0.29, 0.717) is 5.69 Å². The van der Waals surface area contributed by atoms with E-state index in [1.165, 1.54) is 4.68 Å². The van der Waals surface area contributed by atoms with Crippen LogP contribution >= 0.6 is 0 Å². The Morgan fingerprint density at radius 1 is 1.64 bits per heavy atom. The van der Waals surface area contributed by atoms with Crippen LogP contribution in [0.1, 0.15) is 16.2 Å². The number of nitrogens with two attached hydrogens (primary N) is 2. The summed E-state index contributed by atoms with van der Waals surface area (Å²) < 4.78 is 1.52. The number of nitrogens with zero attached hydrogens (tertiary/aromatic N) is 2. The van der Waals surface area contributed by atoms with Crippen LogP contribution in [0.2, 0.25) is 0 Å². The molecule has 0 aliphatic rings. The molecule has 1 rings (SSSR count). The van der Waals surface area contributed by atoms with Gasteiger partial charge in [0.1, 0.15) is 0 Å². The van der Waals surface area contributed by atoms with E-state index >= 15 is 0 Å². The van der Waals surface area contributed by atoms with Gasteiger partial charge in [-0.2, -0.15) is 5.10 Å². The number of hydrogen-bond acceptors (Lipinski definition) is 3. The maximum atomic E-state index is 10.7. The molecule has 5 nitrogen and oxygen atoms in total. The second kappa shape index (κ2) is 2.26. The van der Waals surface area contributed by atoms with Crippen LogP contribution in [0.3, 0.4) is 0 Å². The van der Waals surface area contributed by atoms with E-state index in [1.807, 2.05) is 0 Å². The third-order valence-corrected chi connectivity index (χ3v) is 1.61. The Kier molecular flexibility index (Phi) is 1.56. The van der Waals surface area contributed by atoms with E-state index in [0.717, 1.165) is 5.69 Å². The van der Waals surface area contributed by atoms with Gasteiger partial charge in [-0.3, -0.25) is 9.48 Å². The summed E-state index contributed by atoms with van der Waals surface area (Å²) in [6, 6.07) is 0. The summed E-state index contributed by atoms with van der Waals surface area (Å²) in [4.78, 5) is 10.7. The lowest BCUT2D eigenvalue weighted by atomic mass is 10.3. The predicted molar refractivity (Wildman–Crippen MR) is 40.9 cm³/mol. The number of nitrogen functional groups attached to an aromatic ring is 1. The van der Waals surface area contributed by atoms with E-state index in [1.54, 1.807) is 14.0 Å². The van der Waals surface area contributed by atoms with Crippen molar-refractivity contribution in [2.24, 2.45) is 12.8 Å². The Bertz CT molecular complexity index is 302. The molecule has 0 saturated heterocycles. The number of carbonyl (C=O) groups is 1. The van der Waals surface area contributed by atoms with Gasteiger partial charge in [0.05, 0.1) is 11.4 Å². The molecule has 0 spiro atoms. The lowest BCUT2D eigenvalue weighted by Gasteiger charge is -1.91. The molecule has 0 fully saturated rings. The van der Waals surface area contributed by atoms with Crippen LogP contribution in [0.4, 0.5) is 5.69 Å². The van der Waals surface area contributed by atoms with Gasteiger partial charge in [0.25, 0.3) is 5.91 Å². The third-order valence-electron chi connectivity index (χ3n) is 1.61. The molecule has 11 heavy (non-hydrogen) atoms. The molecule has 0 aliphatic carbocycles. The summed E-state index contributed by atoms with van der Waals surface area (Å²) in [5, 5.41) is 3.83. The summed E-state index contributed by atoms with van der Waals surface area (Å²) in [5.74, 6) is -0.591. The minimum atomic E-state index is -0.591. The SMILES string of the molecule is Cc1c(N)c(C(N)=O)nn1C. The molecule has 60 valence electrons. The van der Waals surface area contributed by atoms with E-state index in [9.17, 15) is 4.79 Å². The molecule has 1 amide bonds. The number of anilines is 1. The van der Waals surface area contributed by atoms with E-state index < -0.39 is 5.91 Å². The standard InChI is InChI=1S/C6H10N4O/c1-3-4(7)5(6(8)11)9-10(3)2/h7H2,1-2H3,(H2,8,11). The van der Waals surface area contributed by atoms with Crippen molar-refractivity contribution in [2.45, 2.75) is 6.92 Å². The molecule has 4 N–H and O–H groups in total. The van der Waals surface area contributed by atoms with Gasteiger partial charge in [-0.25, -0.2) is 0 Å². The van der Waals surface area contributed by atoms with Gasteiger partial charge in [-0.15, -0.1) is 0 Å². The van der Waals surface area contributed by atoms with Crippen LogP contribution < -0.4 is 11.5 Å². The summed E-state index contributed by atoms with van der Waals surface area (Å²) in [7, 11) is 1.71. The molecule has 1 aromatic rings. The summed E-state index contributed by atoms with van der Waals surface area (Å²) >= 11 is 0. The van der Waals surface area contributed by atoms with Crippen LogP contribution in [0.5, 0.6) is 0 Å². The zero-order valence-corrected chi connectivity index (χ0v) is 6.46. The highest BCUT2D eigenvalue weighted by molar-refractivity contribution is 5.96. The van der Waals surface area contributed by atoms with Gasteiger partial charge in [-0.1, -0.05) is 0 Å². The molecule has 5 heteroatoms. The first-order valence-electron chi connectivity index (χ1n) is 3.13. The van der Waals surface area contributed by atoms with Gasteiger partial charge in [-0.05, 0) is 6.92 Å². The van der Waals surface area contributed by atoms with Crippen LogP contribution in [0.15, 0.2) is 0 Å². The fraction of sp³-hybridized carbons (Fsp3) is 0.333. The van der Waals surface area contributed by atoms with Crippen molar-refractivity contribution in [2.75, 3.05) is 5.73 Å². The molecule has 0 radical (unpaired) electrons. The zero-order chi connectivity index (χ0) is 8.59. The van der Waals surface area contributed by atoms with Gasteiger partial charge < -0.3 is 11.5 Å². The van der Waals surface area contributed by atoms with Crippen molar-refractivity contribution in [1.82, 2.24) is 9.78 Å². The second-order valence-corrected chi connectivity index (χ2v) is 2.34. The molecule has 0 saturated carbocycles. The minimum absolute atomic E-state index is 0.144. The molecular formula is C6H10N4O. The van der Waals surface area contributed by atoms with Crippen molar-refractivity contribution in [3.05, 3.63) is 11.4 Å². The second-order valence-electron chi connectivity index (χ2n) is 2.34. The molecule has 0 bridgehead atoms. The van der Waals surface area contributed by atoms with Gasteiger partial charge in [0.2, 0.25) is 0 Å². The zero-order valence-electron chi connectivity index (χ0n) is 6.46. The van der Waals surface area contributed by atoms with Crippen molar-refractivity contribution < 1.29 is 4.79 Å². The van der Waals surface area contributed by atoms with Gasteiger partial charge >= 0.3 is 0 Å². The topological polar surface area (TPSA) is 86.9 Å². The van der Waals surface area contributed by atoms with Gasteiger partial charge in [0.15, 0.2) is 5.69 Å². The number of hydrogen-bond donors (Lipinski definition) is 2. The highest BCUT2D eigenvalue weighted by atomic mass is 16.1. The average Bonchev–Trinajstić information content (AvgIpc) is 2.17. The first kappa shape index (κ1) is 7.59. The number of aryl methyl sites for hydroxylation is 1. The largest absolute Gasteiger partial charge is 0.395 e. The van der Waals surface area contributed by atoms with Crippen molar-refractivity contribution in [1.29, 1.82) is 0 Å². The number of aromatic nitrogens is 2. The Balaban J connectivity index is 3.29. The normalized spacial score (nSPS) is 10.0. The summed E-state index contributed by atoms with van der Waals surface area (Å²) in [6.07, 6.45) is 0. The number of amides is 1. The number of primary amides is 1. The quantitative estimate of drug-likeness (QED) is 0.566. The first-order chi connectivity index (χ1) is 5.04. The highest BCUT2D eigenvalue weighted by Crippen LogP contribution is 2.13. The fourth-order valence-corrected chi connectivity index (χ4v) is 0.807. The van der Waals surface area contributed by atoms with E-state index in [-0.39, 0.29) is 5.69 Å². The lowest BCUT2D eigenvalue weighted by molar-refractivity contribution is 0.0995. The maximum Gasteiger partial charge on any atom is 0.271 e. The lowest BCUT2D eigenvalue weighted by Crippen LogP contribution is -2.13. The predicted octanol–water partition coefficient (Wildman–Crippen LogP) is -0.590. The van der Waals surface area contributed by atoms with E-state index in [4.69, 9.17) is 11.5 Å². The smallest absolute Gasteiger partial charge is 0.271 e. The Morgan fingerprint density at radius 2 is 2.18 bits per heavy atom. The molecule has 1 heterocycles. The van der Waals surface area contributed by atoms with Gasteiger partial charge in [0, 0.05) is 7.05 Å². The molecule has 0 aliphatic heterocycles. The van der Waals surface area contributed by atoms with Crippen molar-refractivity contribution in [3.63, 3.8) is 0 Å². The van der Waals surface area contributed by atoms with E-state index in [2.05, 4.69) is 5.10 Å². The summed E-state index contributed by atoms with van der Waals surface area (Å²) in [6.45, 7) is 1.77. The maximum absolute atomic E-state index is 10.7. The first-order valence-corrected chi connectivity index (χ1v) is 3.13. The summed E-state index contributed by atoms with van der Waals surface area (Å²) in [5.41, 5.74) is 11.8. The van der Waals surface area contributed by atoms with Crippen LogP contribution in [0.25, 0.3) is 0 Å². The van der Waals surface area contributed by atoms with Crippen LogP contribution in [0, 0.1) is 6.92 Å². The van der Waals surface area contributed by atoms with Crippen LogP contribution in [-0.4, -0.2) is 15.7 Å². The molecular weight excluding hydrogens is 144 g/mol. The molecule has 0 unspecified atom stereocenters.